The number of hydrogen-bond acceptors (Lipinski definition) is 3. The van der Waals surface area contributed by atoms with Crippen molar-refractivity contribution in [2.24, 2.45) is 5.41 Å². The lowest BCUT2D eigenvalue weighted by Crippen LogP contribution is -2.10. The number of aromatic nitrogens is 2. The van der Waals surface area contributed by atoms with Gasteiger partial charge in [0, 0.05) is 28.2 Å². The molecule has 0 aliphatic carbocycles. The summed E-state index contributed by atoms with van der Waals surface area (Å²) in [6.07, 6.45) is 3.00. The SMILES string of the molecule is Cc1cnc(-c2cccc3c2oc2nc(C(C)C)ccc23)cc1CC(C)(C)C. The van der Waals surface area contributed by atoms with Crippen LogP contribution >= 0.6 is 0 Å². The van der Waals surface area contributed by atoms with Crippen LogP contribution in [0.4, 0.5) is 0 Å². The monoisotopic (exact) mass is 372 g/mol. The maximum absolute atomic E-state index is 6.25. The number of para-hydroxylation sites is 1. The van der Waals surface area contributed by atoms with Crippen LogP contribution in [-0.2, 0) is 6.42 Å². The van der Waals surface area contributed by atoms with Gasteiger partial charge in [-0.2, -0.15) is 0 Å². The van der Waals surface area contributed by atoms with Gasteiger partial charge in [0.1, 0.15) is 5.58 Å². The second kappa shape index (κ2) is 6.73. The van der Waals surface area contributed by atoms with E-state index in [0.29, 0.717) is 11.6 Å². The first-order valence-corrected chi connectivity index (χ1v) is 10.0. The Morgan fingerprint density at radius 2 is 1.82 bits per heavy atom. The lowest BCUT2D eigenvalue weighted by atomic mass is 9.86. The summed E-state index contributed by atoms with van der Waals surface area (Å²) in [6, 6.07) is 12.7. The molecule has 0 radical (unpaired) electrons. The molecule has 0 atom stereocenters. The highest BCUT2D eigenvalue weighted by atomic mass is 16.3. The maximum Gasteiger partial charge on any atom is 0.227 e. The van der Waals surface area contributed by atoms with E-state index < -0.39 is 0 Å². The Morgan fingerprint density at radius 1 is 1.04 bits per heavy atom. The fraction of sp³-hybridized carbons (Fsp3) is 0.360. The molecule has 0 saturated heterocycles. The van der Waals surface area contributed by atoms with Crippen molar-refractivity contribution in [1.82, 2.24) is 9.97 Å². The second-order valence-corrected chi connectivity index (χ2v) is 9.26. The minimum absolute atomic E-state index is 0.228. The minimum atomic E-state index is 0.228. The number of aryl methyl sites for hydroxylation is 1. The number of nitrogens with zero attached hydrogens (tertiary/aromatic N) is 2. The maximum atomic E-state index is 6.25. The molecule has 144 valence electrons. The summed E-state index contributed by atoms with van der Waals surface area (Å²) in [5.74, 6) is 0.371. The van der Waals surface area contributed by atoms with Crippen LogP contribution in [0.3, 0.4) is 0 Å². The summed E-state index contributed by atoms with van der Waals surface area (Å²) in [5, 5.41) is 2.15. The van der Waals surface area contributed by atoms with E-state index in [-0.39, 0.29) is 5.41 Å². The molecule has 0 bridgehead atoms. The third-order valence-corrected chi connectivity index (χ3v) is 5.19. The van der Waals surface area contributed by atoms with Gasteiger partial charge in [0.05, 0.1) is 5.69 Å². The Hall–Kier alpha value is -2.68. The summed E-state index contributed by atoms with van der Waals surface area (Å²) in [6.45, 7) is 13.2. The Morgan fingerprint density at radius 3 is 2.54 bits per heavy atom. The molecular formula is C25H28N2O. The number of furan rings is 1. The van der Waals surface area contributed by atoms with E-state index in [4.69, 9.17) is 14.4 Å². The molecule has 3 nitrogen and oxygen atoms in total. The van der Waals surface area contributed by atoms with Crippen LogP contribution < -0.4 is 0 Å². The zero-order valence-electron chi connectivity index (χ0n) is 17.6. The molecule has 3 heterocycles. The standard InChI is InChI=1S/C25H28N2O/c1-15(2)21-11-10-19-18-8-7-9-20(23(18)28-24(19)27-21)22-12-17(13-25(4,5)6)16(3)14-26-22/h7-12,14-15H,13H2,1-6H3. The molecule has 3 aromatic heterocycles. The van der Waals surface area contributed by atoms with Gasteiger partial charge in [0.2, 0.25) is 5.71 Å². The first kappa shape index (κ1) is 18.7. The van der Waals surface area contributed by atoms with Gasteiger partial charge in [-0.05, 0) is 60.1 Å². The number of pyridine rings is 2. The second-order valence-electron chi connectivity index (χ2n) is 9.26. The summed E-state index contributed by atoms with van der Waals surface area (Å²) in [7, 11) is 0. The van der Waals surface area contributed by atoms with Crippen LogP contribution in [-0.4, -0.2) is 9.97 Å². The van der Waals surface area contributed by atoms with E-state index in [1.165, 1.54) is 11.1 Å². The lowest BCUT2D eigenvalue weighted by Gasteiger charge is -2.20. The highest BCUT2D eigenvalue weighted by molar-refractivity contribution is 6.08. The third kappa shape index (κ3) is 3.42. The number of fused-ring (bicyclic) bond motifs is 3. The summed E-state index contributed by atoms with van der Waals surface area (Å²) in [5.41, 5.74) is 7.40. The van der Waals surface area contributed by atoms with Crippen molar-refractivity contribution in [2.45, 2.75) is 53.9 Å². The minimum Gasteiger partial charge on any atom is -0.437 e. The van der Waals surface area contributed by atoms with Gasteiger partial charge in [0.15, 0.2) is 0 Å². The average molecular weight is 373 g/mol. The van der Waals surface area contributed by atoms with E-state index in [1.54, 1.807) is 0 Å². The molecular weight excluding hydrogens is 344 g/mol. The molecule has 0 aliphatic heterocycles. The van der Waals surface area contributed by atoms with E-state index in [1.807, 2.05) is 6.20 Å². The van der Waals surface area contributed by atoms with Crippen molar-refractivity contribution in [3.8, 4) is 11.3 Å². The van der Waals surface area contributed by atoms with Crippen LogP contribution in [0.25, 0.3) is 33.3 Å². The molecule has 0 N–H and O–H groups in total. The molecule has 0 aliphatic rings. The zero-order chi connectivity index (χ0) is 20.1. The molecule has 0 unspecified atom stereocenters. The molecule has 0 amide bonds. The van der Waals surface area contributed by atoms with E-state index in [0.717, 1.165) is 39.7 Å². The van der Waals surface area contributed by atoms with Crippen molar-refractivity contribution in [2.75, 3.05) is 0 Å². The highest BCUT2D eigenvalue weighted by Gasteiger charge is 2.17. The summed E-state index contributed by atoms with van der Waals surface area (Å²) < 4.78 is 6.25. The first-order valence-electron chi connectivity index (χ1n) is 10.0. The fourth-order valence-electron chi connectivity index (χ4n) is 3.69. The molecule has 0 saturated carbocycles. The third-order valence-electron chi connectivity index (χ3n) is 5.19. The zero-order valence-corrected chi connectivity index (χ0v) is 17.6. The molecule has 4 aromatic rings. The van der Waals surface area contributed by atoms with E-state index in [2.05, 4.69) is 77.9 Å². The van der Waals surface area contributed by atoms with Crippen LogP contribution in [0, 0.1) is 12.3 Å². The van der Waals surface area contributed by atoms with Crippen LogP contribution in [0.1, 0.15) is 57.4 Å². The van der Waals surface area contributed by atoms with Crippen LogP contribution in [0.2, 0.25) is 0 Å². The highest BCUT2D eigenvalue weighted by Crippen LogP contribution is 2.36. The largest absolute Gasteiger partial charge is 0.437 e. The number of hydrogen-bond donors (Lipinski definition) is 0. The topological polar surface area (TPSA) is 38.9 Å². The van der Waals surface area contributed by atoms with Crippen LogP contribution in [0.5, 0.6) is 0 Å². The van der Waals surface area contributed by atoms with Gasteiger partial charge in [-0.25, -0.2) is 4.98 Å². The summed E-state index contributed by atoms with van der Waals surface area (Å²) >= 11 is 0. The van der Waals surface area contributed by atoms with Crippen molar-refractivity contribution in [3.05, 3.63) is 59.4 Å². The first-order chi connectivity index (χ1) is 13.2. The Kier molecular flexibility index (Phi) is 4.49. The van der Waals surface area contributed by atoms with Crippen molar-refractivity contribution >= 4 is 22.1 Å². The van der Waals surface area contributed by atoms with Gasteiger partial charge in [-0.1, -0.05) is 46.8 Å². The van der Waals surface area contributed by atoms with Gasteiger partial charge in [0.25, 0.3) is 0 Å². The van der Waals surface area contributed by atoms with E-state index in [9.17, 15) is 0 Å². The van der Waals surface area contributed by atoms with Gasteiger partial charge in [-0.3, -0.25) is 4.98 Å². The summed E-state index contributed by atoms with van der Waals surface area (Å²) in [4.78, 5) is 9.46. The Bertz CT molecular complexity index is 1160. The van der Waals surface area contributed by atoms with E-state index >= 15 is 0 Å². The molecule has 0 fully saturated rings. The van der Waals surface area contributed by atoms with Gasteiger partial charge < -0.3 is 4.42 Å². The quantitative estimate of drug-likeness (QED) is 0.386. The smallest absolute Gasteiger partial charge is 0.227 e. The molecule has 4 rings (SSSR count). The van der Waals surface area contributed by atoms with Gasteiger partial charge in [-0.15, -0.1) is 0 Å². The molecule has 0 spiro atoms. The van der Waals surface area contributed by atoms with Crippen molar-refractivity contribution in [1.29, 1.82) is 0 Å². The lowest BCUT2D eigenvalue weighted by molar-refractivity contribution is 0.410. The average Bonchev–Trinajstić information content (AvgIpc) is 3.00. The fourth-order valence-corrected chi connectivity index (χ4v) is 3.69. The number of rotatable bonds is 3. The predicted octanol–water partition coefficient (Wildman–Crippen LogP) is 7.06. The number of benzene rings is 1. The van der Waals surface area contributed by atoms with Crippen LogP contribution in [0.15, 0.2) is 47.0 Å². The van der Waals surface area contributed by atoms with Crippen molar-refractivity contribution in [3.63, 3.8) is 0 Å². The Labute approximate surface area is 166 Å². The Balaban J connectivity index is 1.89. The molecule has 1 aromatic carbocycles. The predicted molar refractivity (Wildman–Crippen MR) is 117 cm³/mol. The van der Waals surface area contributed by atoms with Crippen molar-refractivity contribution < 1.29 is 4.42 Å². The molecule has 3 heteroatoms. The van der Waals surface area contributed by atoms with Gasteiger partial charge >= 0.3 is 0 Å². The molecule has 28 heavy (non-hydrogen) atoms. The normalized spacial score (nSPS) is 12.4.